The average molecular weight is 444 g/mol. The van der Waals surface area contributed by atoms with Gasteiger partial charge in [-0.2, -0.15) is 0 Å². The summed E-state index contributed by atoms with van der Waals surface area (Å²) in [5.74, 6) is -0.122. The molecule has 0 aromatic heterocycles. The summed E-state index contributed by atoms with van der Waals surface area (Å²) in [6.45, 7) is 4.94. The average Bonchev–Trinajstić information content (AvgIpc) is 3.05. The minimum absolute atomic E-state index is 0.0778. The number of amides is 2. The fraction of sp³-hybridized carbons (Fsp3) is 0.692. The second kappa shape index (κ2) is 10.0. The number of aliphatic hydroxyl groups is 1. The number of rotatable bonds is 8. The number of benzene rings is 1. The van der Waals surface area contributed by atoms with Gasteiger partial charge < -0.3 is 14.6 Å². The van der Waals surface area contributed by atoms with E-state index < -0.39 is 5.79 Å². The van der Waals surface area contributed by atoms with Crippen molar-refractivity contribution in [3.8, 4) is 0 Å². The van der Waals surface area contributed by atoms with Gasteiger partial charge in [0.15, 0.2) is 5.79 Å². The third kappa shape index (κ3) is 4.92. The minimum Gasteiger partial charge on any atom is -0.396 e. The summed E-state index contributed by atoms with van der Waals surface area (Å²) in [5, 5.41) is 9.30. The molecular weight excluding hydrogens is 406 g/mol. The molecule has 0 aliphatic carbocycles. The molecule has 0 radical (unpaired) electrons. The Balaban J connectivity index is 1.30. The van der Waals surface area contributed by atoms with E-state index in [9.17, 15) is 14.7 Å². The summed E-state index contributed by atoms with van der Waals surface area (Å²) in [6, 6.07) is 7.05. The van der Waals surface area contributed by atoms with E-state index in [-0.39, 0.29) is 30.6 Å². The lowest BCUT2D eigenvalue weighted by Crippen LogP contribution is -2.50. The molecular formula is C26H37NO5. The monoisotopic (exact) mass is 443 g/mol. The largest absolute Gasteiger partial charge is 0.396 e. The van der Waals surface area contributed by atoms with E-state index >= 15 is 0 Å². The lowest BCUT2D eigenvalue weighted by atomic mass is 9.85. The van der Waals surface area contributed by atoms with Crippen LogP contribution in [0.1, 0.15) is 92.4 Å². The molecule has 3 aliphatic rings. The maximum Gasteiger partial charge on any atom is 0.261 e. The first-order chi connectivity index (χ1) is 15.4. The van der Waals surface area contributed by atoms with Crippen molar-refractivity contribution in [3.63, 3.8) is 0 Å². The number of carbonyl (C=O) groups excluding carboxylic acids is 2. The highest BCUT2D eigenvalue weighted by atomic mass is 16.7. The second-order valence-corrected chi connectivity index (χ2v) is 10.0. The molecule has 4 rings (SSSR count). The highest BCUT2D eigenvalue weighted by Crippen LogP contribution is 2.43. The van der Waals surface area contributed by atoms with Gasteiger partial charge in [-0.05, 0) is 68.9 Å². The van der Waals surface area contributed by atoms with Crippen LogP contribution in [0.4, 0.5) is 0 Å². The van der Waals surface area contributed by atoms with Crippen LogP contribution in [-0.2, 0) is 9.47 Å². The summed E-state index contributed by atoms with van der Waals surface area (Å²) < 4.78 is 13.1. The van der Waals surface area contributed by atoms with Crippen LogP contribution < -0.4 is 0 Å². The van der Waals surface area contributed by atoms with Crippen molar-refractivity contribution in [2.45, 2.75) is 89.6 Å². The molecule has 2 amide bonds. The SMILES string of the molecule is C[C@H](CO)CC[C@@H]1CCCC2(CC[C@H](C)[C@@H](CCCN3C(=O)c4ccccc4C3=O)O2)O1. The first-order valence-corrected chi connectivity index (χ1v) is 12.3. The summed E-state index contributed by atoms with van der Waals surface area (Å²) in [4.78, 5) is 26.6. The molecule has 176 valence electrons. The zero-order valence-corrected chi connectivity index (χ0v) is 19.4. The number of hydrogen-bond acceptors (Lipinski definition) is 5. The van der Waals surface area contributed by atoms with Crippen molar-refractivity contribution in [2.75, 3.05) is 13.2 Å². The first-order valence-electron chi connectivity index (χ1n) is 12.3. The van der Waals surface area contributed by atoms with Crippen LogP contribution in [-0.4, -0.2) is 53.0 Å². The molecule has 1 spiro atoms. The highest BCUT2D eigenvalue weighted by Gasteiger charge is 2.44. The van der Waals surface area contributed by atoms with Gasteiger partial charge in [-0.25, -0.2) is 0 Å². The molecule has 2 fully saturated rings. The van der Waals surface area contributed by atoms with Gasteiger partial charge in [-0.1, -0.05) is 26.0 Å². The number of nitrogens with zero attached hydrogens (tertiary/aromatic N) is 1. The Kier molecular flexibility index (Phi) is 7.33. The summed E-state index contributed by atoms with van der Waals surface area (Å²) in [7, 11) is 0. The van der Waals surface area contributed by atoms with Gasteiger partial charge >= 0.3 is 0 Å². The van der Waals surface area contributed by atoms with Crippen LogP contribution in [0.2, 0.25) is 0 Å². The van der Waals surface area contributed by atoms with Gasteiger partial charge in [0, 0.05) is 26.0 Å². The van der Waals surface area contributed by atoms with Crippen LogP contribution in [0.5, 0.6) is 0 Å². The van der Waals surface area contributed by atoms with Gasteiger partial charge in [-0.3, -0.25) is 14.5 Å². The maximum atomic E-state index is 12.6. The number of hydrogen-bond donors (Lipinski definition) is 1. The number of fused-ring (bicyclic) bond motifs is 1. The van der Waals surface area contributed by atoms with Crippen molar-refractivity contribution < 1.29 is 24.2 Å². The van der Waals surface area contributed by atoms with Crippen LogP contribution in [0.15, 0.2) is 24.3 Å². The molecule has 6 nitrogen and oxygen atoms in total. The Morgan fingerprint density at radius 2 is 1.81 bits per heavy atom. The molecule has 1 aromatic rings. The molecule has 0 bridgehead atoms. The Labute approximate surface area is 191 Å². The third-order valence-electron chi connectivity index (χ3n) is 7.49. The third-order valence-corrected chi connectivity index (χ3v) is 7.49. The molecule has 3 heterocycles. The molecule has 1 N–H and O–H groups in total. The van der Waals surface area contributed by atoms with Crippen LogP contribution >= 0.6 is 0 Å². The minimum atomic E-state index is -0.488. The quantitative estimate of drug-likeness (QED) is 0.597. The van der Waals surface area contributed by atoms with Crippen molar-refractivity contribution in [1.82, 2.24) is 4.90 Å². The molecule has 2 saturated heterocycles. The predicted octanol–water partition coefficient (Wildman–Crippen LogP) is 4.55. The van der Waals surface area contributed by atoms with Gasteiger partial charge in [0.05, 0.1) is 23.3 Å². The predicted molar refractivity (Wildman–Crippen MR) is 121 cm³/mol. The van der Waals surface area contributed by atoms with Crippen LogP contribution in [0.3, 0.4) is 0 Å². The van der Waals surface area contributed by atoms with E-state index in [1.165, 1.54) is 4.90 Å². The van der Waals surface area contributed by atoms with Gasteiger partial charge in [0.2, 0.25) is 0 Å². The van der Waals surface area contributed by atoms with Crippen molar-refractivity contribution >= 4 is 11.8 Å². The molecule has 0 saturated carbocycles. The number of carbonyl (C=O) groups is 2. The molecule has 1 unspecified atom stereocenters. The number of ether oxygens (including phenoxy) is 2. The van der Waals surface area contributed by atoms with Gasteiger partial charge in [0.25, 0.3) is 11.8 Å². The normalized spacial score (nSPS) is 31.2. The van der Waals surface area contributed by atoms with Crippen molar-refractivity contribution in [1.29, 1.82) is 0 Å². The van der Waals surface area contributed by atoms with E-state index in [1.807, 2.05) is 0 Å². The van der Waals surface area contributed by atoms with Gasteiger partial charge in [0.1, 0.15) is 0 Å². The Bertz CT molecular complexity index is 791. The number of aliphatic hydroxyl groups excluding tert-OH is 1. The highest BCUT2D eigenvalue weighted by molar-refractivity contribution is 6.21. The van der Waals surface area contributed by atoms with Gasteiger partial charge in [-0.15, -0.1) is 0 Å². The zero-order chi connectivity index (χ0) is 22.7. The van der Waals surface area contributed by atoms with E-state index in [0.717, 1.165) is 57.8 Å². The Morgan fingerprint density at radius 3 is 2.50 bits per heavy atom. The molecule has 5 atom stereocenters. The molecule has 6 heteroatoms. The van der Waals surface area contributed by atoms with Crippen molar-refractivity contribution in [3.05, 3.63) is 35.4 Å². The summed E-state index contributed by atoms with van der Waals surface area (Å²) >= 11 is 0. The van der Waals surface area contributed by atoms with E-state index in [1.54, 1.807) is 24.3 Å². The molecule has 32 heavy (non-hydrogen) atoms. The smallest absolute Gasteiger partial charge is 0.261 e. The Hall–Kier alpha value is -1.76. The van der Waals surface area contributed by atoms with Crippen LogP contribution in [0, 0.1) is 11.8 Å². The first kappa shape index (κ1) is 23.4. The van der Waals surface area contributed by atoms with E-state index in [2.05, 4.69) is 13.8 Å². The standard InChI is InChI=1S/C26H37NO5/c1-18(17-28)11-12-20-7-5-14-26(31-20)15-13-19(2)23(32-26)10-6-16-27-24(29)21-8-3-4-9-22(21)25(27)30/h3-4,8-9,18-20,23,28H,5-7,10-17H2,1-2H3/t18-,19-,20-,23+,26?/m0/s1. The van der Waals surface area contributed by atoms with E-state index in [0.29, 0.717) is 29.5 Å². The maximum absolute atomic E-state index is 12.6. The second-order valence-electron chi connectivity index (χ2n) is 10.0. The fourth-order valence-corrected chi connectivity index (χ4v) is 5.38. The topological polar surface area (TPSA) is 76.1 Å². The number of imide groups is 1. The summed E-state index contributed by atoms with van der Waals surface area (Å²) in [5.41, 5.74) is 1.02. The lowest BCUT2D eigenvalue weighted by molar-refractivity contribution is -0.324. The molecule has 1 aromatic carbocycles. The lowest BCUT2D eigenvalue weighted by Gasteiger charge is -2.48. The molecule has 3 aliphatic heterocycles. The van der Waals surface area contributed by atoms with Crippen LogP contribution in [0.25, 0.3) is 0 Å². The van der Waals surface area contributed by atoms with E-state index in [4.69, 9.17) is 9.47 Å². The fourth-order valence-electron chi connectivity index (χ4n) is 5.38. The van der Waals surface area contributed by atoms with Crippen molar-refractivity contribution in [2.24, 2.45) is 11.8 Å². The Morgan fingerprint density at radius 1 is 1.09 bits per heavy atom. The zero-order valence-electron chi connectivity index (χ0n) is 19.4. The summed E-state index contributed by atoms with van der Waals surface area (Å²) in [6.07, 6.45) is 8.84.